The molecule has 0 unspecified atom stereocenters. The van der Waals surface area contributed by atoms with E-state index in [1.165, 1.54) is 27.1 Å². The van der Waals surface area contributed by atoms with Crippen molar-refractivity contribution in [2.24, 2.45) is 0 Å². The van der Waals surface area contributed by atoms with Crippen LogP contribution in [0, 0.1) is 0 Å². The summed E-state index contributed by atoms with van der Waals surface area (Å²) in [7, 11) is 2.85. The minimum absolute atomic E-state index is 0.321. The fourth-order valence-corrected chi connectivity index (χ4v) is 1.97. The molecule has 0 N–H and O–H groups in total. The van der Waals surface area contributed by atoms with Gasteiger partial charge in [0.05, 0.1) is 14.2 Å². The van der Waals surface area contributed by atoms with Crippen LogP contribution in [0.1, 0.15) is 23.2 Å². The van der Waals surface area contributed by atoms with Gasteiger partial charge >= 0.3 is 5.97 Å². The molecule has 0 atom stereocenters. The Kier molecular flexibility index (Phi) is 3.46. The second-order valence-corrected chi connectivity index (χ2v) is 3.91. The van der Waals surface area contributed by atoms with Crippen molar-refractivity contribution in [1.82, 2.24) is 4.98 Å². The van der Waals surface area contributed by atoms with E-state index >= 15 is 0 Å². The van der Waals surface area contributed by atoms with E-state index in [-0.39, 0.29) is 0 Å². The molecule has 0 bridgehead atoms. The zero-order valence-electron chi connectivity index (χ0n) is 10.1. The van der Waals surface area contributed by atoms with Gasteiger partial charge in [-0.05, 0) is 25.0 Å². The minimum atomic E-state index is -0.428. The number of aromatic nitrogens is 1. The Balaban J connectivity index is 2.30. The predicted molar refractivity (Wildman–Crippen MR) is 63.6 cm³/mol. The molecule has 92 valence electrons. The van der Waals surface area contributed by atoms with Crippen LogP contribution in [0.3, 0.4) is 0 Å². The molecule has 1 saturated heterocycles. The van der Waals surface area contributed by atoms with Crippen molar-refractivity contribution in [3.63, 3.8) is 0 Å². The molecule has 0 radical (unpaired) electrons. The Labute approximate surface area is 100 Å². The highest BCUT2D eigenvalue weighted by molar-refractivity contribution is 5.92. The van der Waals surface area contributed by atoms with Crippen LogP contribution in [0.4, 0.5) is 5.82 Å². The maximum atomic E-state index is 11.5. The SMILES string of the molecule is COC(=O)c1ccc(N2CCCC2)nc1OC. The van der Waals surface area contributed by atoms with Gasteiger partial charge in [0.15, 0.2) is 0 Å². The Hall–Kier alpha value is -1.78. The average molecular weight is 236 g/mol. The summed E-state index contributed by atoms with van der Waals surface area (Å²) in [5.41, 5.74) is 0.359. The number of hydrogen-bond acceptors (Lipinski definition) is 5. The van der Waals surface area contributed by atoms with Gasteiger partial charge in [-0.25, -0.2) is 4.79 Å². The average Bonchev–Trinajstić information content (AvgIpc) is 2.91. The van der Waals surface area contributed by atoms with Crippen LogP contribution >= 0.6 is 0 Å². The number of pyridine rings is 1. The number of carbonyl (C=O) groups excluding carboxylic acids is 1. The number of ether oxygens (including phenoxy) is 2. The highest BCUT2D eigenvalue weighted by Crippen LogP contribution is 2.24. The summed E-state index contributed by atoms with van der Waals surface area (Å²) in [6.07, 6.45) is 2.37. The number of carbonyl (C=O) groups is 1. The number of hydrogen-bond donors (Lipinski definition) is 0. The van der Waals surface area contributed by atoms with E-state index in [9.17, 15) is 4.79 Å². The van der Waals surface area contributed by atoms with Crippen molar-refractivity contribution >= 4 is 11.8 Å². The molecule has 17 heavy (non-hydrogen) atoms. The van der Waals surface area contributed by atoms with Crippen molar-refractivity contribution in [3.05, 3.63) is 17.7 Å². The molecule has 5 heteroatoms. The zero-order chi connectivity index (χ0) is 12.3. The number of esters is 1. The van der Waals surface area contributed by atoms with Gasteiger partial charge < -0.3 is 14.4 Å². The van der Waals surface area contributed by atoms with Crippen LogP contribution in [0.25, 0.3) is 0 Å². The summed E-state index contributed by atoms with van der Waals surface area (Å²) >= 11 is 0. The maximum absolute atomic E-state index is 11.5. The van der Waals surface area contributed by atoms with E-state index in [0.717, 1.165) is 18.9 Å². The summed E-state index contributed by atoms with van der Waals surface area (Å²) in [4.78, 5) is 18.0. The lowest BCUT2D eigenvalue weighted by Gasteiger charge is -2.17. The largest absolute Gasteiger partial charge is 0.480 e. The van der Waals surface area contributed by atoms with Crippen LogP contribution in [-0.4, -0.2) is 38.3 Å². The molecule has 1 aromatic rings. The van der Waals surface area contributed by atoms with Gasteiger partial charge in [0.2, 0.25) is 5.88 Å². The predicted octanol–water partition coefficient (Wildman–Crippen LogP) is 1.48. The Morgan fingerprint density at radius 2 is 2.00 bits per heavy atom. The van der Waals surface area contributed by atoms with Crippen LogP contribution in [0.2, 0.25) is 0 Å². The molecule has 1 aliphatic rings. The fourth-order valence-electron chi connectivity index (χ4n) is 1.97. The smallest absolute Gasteiger partial charge is 0.343 e. The first kappa shape index (κ1) is 11.7. The molecule has 0 aliphatic carbocycles. The first-order valence-electron chi connectivity index (χ1n) is 5.64. The first-order valence-corrected chi connectivity index (χ1v) is 5.64. The molecule has 0 amide bonds. The number of methoxy groups -OCH3 is 2. The Morgan fingerprint density at radius 3 is 2.59 bits per heavy atom. The van der Waals surface area contributed by atoms with E-state index < -0.39 is 5.97 Å². The third-order valence-electron chi connectivity index (χ3n) is 2.87. The summed E-state index contributed by atoms with van der Waals surface area (Å²) in [5.74, 6) is 0.746. The molecule has 5 nitrogen and oxygen atoms in total. The van der Waals surface area contributed by atoms with Gasteiger partial charge in [-0.1, -0.05) is 0 Å². The third kappa shape index (κ3) is 2.33. The van der Waals surface area contributed by atoms with E-state index in [1.54, 1.807) is 6.07 Å². The molecular formula is C12H16N2O3. The van der Waals surface area contributed by atoms with E-state index in [4.69, 9.17) is 4.74 Å². The quantitative estimate of drug-likeness (QED) is 0.744. The maximum Gasteiger partial charge on any atom is 0.343 e. The minimum Gasteiger partial charge on any atom is -0.480 e. The zero-order valence-corrected chi connectivity index (χ0v) is 10.1. The highest BCUT2D eigenvalue weighted by Gasteiger charge is 2.18. The fraction of sp³-hybridized carbons (Fsp3) is 0.500. The molecule has 2 heterocycles. The lowest BCUT2D eigenvalue weighted by atomic mass is 10.2. The van der Waals surface area contributed by atoms with Gasteiger partial charge in [-0.3, -0.25) is 0 Å². The molecule has 0 saturated carbocycles. The molecule has 0 spiro atoms. The van der Waals surface area contributed by atoms with Crippen molar-refractivity contribution < 1.29 is 14.3 Å². The van der Waals surface area contributed by atoms with Gasteiger partial charge in [0.1, 0.15) is 11.4 Å². The third-order valence-corrected chi connectivity index (χ3v) is 2.87. The van der Waals surface area contributed by atoms with Crippen molar-refractivity contribution in [1.29, 1.82) is 0 Å². The van der Waals surface area contributed by atoms with Gasteiger partial charge in [0.25, 0.3) is 0 Å². The summed E-state index contributed by atoms with van der Waals surface area (Å²) in [6, 6.07) is 3.53. The molecule has 1 fully saturated rings. The van der Waals surface area contributed by atoms with Crippen LogP contribution in [-0.2, 0) is 4.74 Å². The first-order chi connectivity index (χ1) is 8.26. The lowest BCUT2D eigenvalue weighted by molar-refractivity contribution is 0.0596. The lowest BCUT2D eigenvalue weighted by Crippen LogP contribution is -2.19. The molecule has 0 aromatic carbocycles. The van der Waals surface area contributed by atoms with Crippen molar-refractivity contribution in [2.45, 2.75) is 12.8 Å². The molecule has 2 rings (SSSR count). The molecule has 1 aliphatic heterocycles. The summed E-state index contributed by atoms with van der Waals surface area (Å²) in [6.45, 7) is 2.02. The second-order valence-electron chi connectivity index (χ2n) is 3.91. The van der Waals surface area contributed by atoms with Gasteiger partial charge in [-0.2, -0.15) is 4.98 Å². The number of rotatable bonds is 3. The summed E-state index contributed by atoms with van der Waals surface area (Å²) < 4.78 is 9.80. The van der Waals surface area contributed by atoms with E-state index in [2.05, 4.69) is 14.6 Å². The van der Waals surface area contributed by atoms with Crippen LogP contribution in [0.15, 0.2) is 12.1 Å². The van der Waals surface area contributed by atoms with Crippen molar-refractivity contribution in [2.75, 3.05) is 32.2 Å². The van der Waals surface area contributed by atoms with Gasteiger partial charge in [0, 0.05) is 13.1 Å². The van der Waals surface area contributed by atoms with Crippen molar-refractivity contribution in [3.8, 4) is 5.88 Å². The monoisotopic (exact) mass is 236 g/mol. The normalized spacial score (nSPS) is 14.8. The summed E-state index contributed by atoms with van der Waals surface area (Å²) in [5, 5.41) is 0. The Morgan fingerprint density at radius 1 is 1.29 bits per heavy atom. The molecule has 1 aromatic heterocycles. The van der Waals surface area contributed by atoms with Crippen LogP contribution < -0.4 is 9.64 Å². The number of anilines is 1. The highest BCUT2D eigenvalue weighted by atomic mass is 16.5. The Bertz CT molecular complexity index is 414. The van der Waals surface area contributed by atoms with Crippen LogP contribution in [0.5, 0.6) is 5.88 Å². The van der Waals surface area contributed by atoms with E-state index in [1.807, 2.05) is 6.07 Å². The standard InChI is InChI=1S/C12H16N2O3/c1-16-11-9(12(15)17-2)5-6-10(13-11)14-7-3-4-8-14/h5-6H,3-4,7-8H2,1-2H3. The molecular weight excluding hydrogens is 220 g/mol. The van der Waals surface area contributed by atoms with E-state index in [0.29, 0.717) is 11.4 Å². The topological polar surface area (TPSA) is 51.7 Å². The second kappa shape index (κ2) is 5.03. The van der Waals surface area contributed by atoms with Gasteiger partial charge in [-0.15, -0.1) is 0 Å². The number of nitrogens with zero attached hydrogens (tertiary/aromatic N) is 2.